The first-order valence-electron chi connectivity index (χ1n) is 5.59. The van der Waals surface area contributed by atoms with Crippen LogP contribution in [0.4, 0.5) is 0 Å². The first-order valence-corrected chi connectivity index (χ1v) is 5.59. The maximum Gasteiger partial charge on any atom is 0.154 e. The van der Waals surface area contributed by atoms with E-state index in [0.29, 0.717) is 6.04 Å². The van der Waals surface area contributed by atoms with Gasteiger partial charge in [-0.25, -0.2) is 0 Å². The Labute approximate surface area is 90.4 Å². The fraction of sp³-hybridized carbons (Fsp3) is 0.727. The third-order valence-electron chi connectivity index (χ3n) is 2.86. The molecule has 0 radical (unpaired) electrons. The Morgan fingerprint density at radius 1 is 1.73 bits per heavy atom. The van der Waals surface area contributed by atoms with Crippen LogP contribution < -0.4 is 5.73 Å². The summed E-state index contributed by atoms with van der Waals surface area (Å²) >= 11 is 0. The molecule has 2 heterocycles. The number of nitrogens with two attached hydrogens (primary N) is 1. The largest absolute Gasteiger partial charge is 0.359 e. The number of likely N-dealkylation sites (tertiary alicyclic amines) is 1. The van der Waals surface area contributed by atoms with Crippen molar-refractivity contribution >= 4 is 0 Å². The molecule has 4 heteroatoms. The molecule has 1 saturated heterocycles. The highest BCUT2D eigenvalue weighted by molar-refractivity contribution is 5.09. The molecule has 1 aromatic rings. The second-order valence-electron chi connectivity index (χ2n) is 4.50. The third-order valence-corrected chi connectivity index (χ3v) is 2.86. The van der Waals surface area contributed by atoms with Crippen LogP contribution in [0.5, 0.6) is 0 Å². The van der Waals surface area contributed by atoms with Crippen LogP contribution in [-0.4, -0.2) is 29.2 Å². The molecule has 4 nitrogen and oxygen atoms in total. The Hall–Kier alpha value is -0.870. The molecule has 1 aliphatic rings. The van der Waals surface area contributed by atoms with Gasteiger partial charge in [-0.2, -0.15) is 0 Å². The molecule has 1 aliphatic heterocycles. The van der Waals surface area contributed by atoms with Crippen LogP contribution in [-0.2, 0) is 0 Å². The van der Waals surface area contributed by atoms with Gasteiger partial charge in [-0.15, -0.1) is 0 Å². The molecular weight excluding hydrogens is 190 g/mol. The van der Waals surface area contributed by atoms with E-state index in [4.69, 9.17) is 10.3 Å². The van der Waals surface area contributed by atoms with Gasteiger partial charge >= 0.3 is 0 Å². The van der Waals surface area contributed by atoms with Crippen molar-refractivity contribution in [3.63, 3.8) is 0 Å². The highest BCUT2D eigenvalue weighted by Crippen LogP contribution is 2.31. The molecule has 0 amide bonds. The van der Waals surface area contributed by atoms with Gasteiger partial charge in [0.25, 0.3) is 0 Å². The summed E-state index contributed by atoms with van der Waals surface area (Å²) in [7, 11) is 0. The van der Waals surface area contributed by atoms with Crippen molar-refractivity contribution in [2.75, 3.05) is 13.1 Å². The molecule has 2 unspecified atom stereocenters. The number of nitrogens with zero attached hydrogens (tertiary/aromatic N) is 2. The van der Waals surface area contributed by atoms with Gasteiger partial charge in [0.2, 0.25) is 0 Å². The number of hydrogen-bond acceptors (Lipinski definition) is 4. The number of hydrogen-bond donors (Lipinski definition) is 1. The fourth-order valence-corrected chi connectivity index (χ4v) is 2.28. The van der Waals surface area contributed by atoms with Crippen molar-refractivity contribution < 1.29 is 4.52 Å². The van der Waals surface area contributed by atoms with Gasteiger partial charge in [-0.3, -0.25) is 4.90 Å². The van der Waals surface area contributed by atoms with Crippen LogP contribution in [0, 0.1) is 6.92 Å². The van der Waals surface area contributed by atoms with Crippen molar-refractivity contribution in [1.82, 2.24) is 10.1 Å². The lowest BCUT2D eigenvalue weighted by molar-refractivity contribution is 0.206. The molecule has 0 spiro atoms. The Morgan fingerprint density at radius 2 is 2.53 bits per heavy atom. The van der Waals surface area contributed by atoms with E-state index in [-0.39, 0.29) is 6.04 Å². The zero-order valence-corrected chi connectivity index (χ0v) is 9.44. The highest BCUT2D eigenvalue weighted by atomic mass is 16.5. The van der Waals surface area contributed by atoms with E-state index < -0.39 is 0 Å². The molecule has 0 aliphatic carbocycles. The Bertz CT molecular complexity index is 321. The molecule has 0 aromatic carbocycles. The number of aromatic nitrogens is 1. The maximum atomic E-state index is 5.83. The van der Waals surface area contributed by atoms with E-state index >= 15 is 0 Å². The van der Waals surface area contributed by atoms with Crippen molar-refractivity contribution in [2.45, 2.75) is 38.8 Å². The third kappa shape index (κ3) is 2.38. The van der Waals surface area contributed by atoms with Crippen molar-refractivity contribution in [1.29, 1.82) is 0 Å². The van der Waals surface area contributed by atoms with Crippen LogP contribution >= 0.6 is 0 Å². The van der Waals surface area contributed by atoms with Gasteiger partial charge in [-0.1, -0.05) is 5.16 Å². The molecule has 15 heavy (non-hydrogen) atoms. The van der Waals surface area contributed by atoms with Crippen molar-refractivity contribution in [2.24, 2.45) is 5.73 Å². The second-order valence-corrected chi connectivity index (χ2v) is 4.50. The quantitative estimate of drug-likeness (QED) is 0.819. The molecule has 0 bridgehead atoms. The lowest BCUT2D eigenvalue weighted by atomic mass is 10.1. The smallest absolute Gasteiger partial charge is 0.154 e. The standard InChI is InChI=1S/C11H19N3O/c1-8(12)7-14-5-3-4-10(14)11-6-9(2)13-15-11/h6,8,10H,3-5,7,12H2,1-2H3. The zero-order chi connectivity index (χ0) is 10.8. The summed E-state index contributed by atoms with van der Waals surface area (Å²) in [5.41, 5.74) is 6.79. The van der Waals surface area contributed by atoms with Crippen LogP contribution in [0.15, 0.2) is 10.6 Å². The SMILES string of the molecule is Cc1cc(C2CCCN2CC(C)N)on1. The van der Waals surface area contributed by atoms with Crippen LogP contribution in [0.3, 0.4) is 0 Å². The molecule has 1 aromatic heterocycles. The first-order chi connectivity index (χ1) is 7.16. The van der Waals surface area contributed by atoms with E-state index in [1.807, 2.05) is 19.9 Å². The normalized spacial score (nSPS) is 24.6. The topological polar surface area (TPSA) is 55.3 Å². The lowest BCUT2D eigenvalue weighted by Gasteiger charge is -2.23. The van der Waals surface area contributed by atoms with E-state index in [9.17, 15) is 0 Å². The minimum absolute atomic E-state index is 0.217. The summed E-state index contributed by atoms with van der Waals surface area (Å²) in [6.07, 6.45) is 2.37. The van der Waals surface area contributed by atoms with Gasteiger partial charge in [0.1, 0.15) is 0 Å². The second kappa shape index (κ2) is 4.33. The zero-order valence-electron chi connectivity index (χ0n) is 9.44. The summed E-state index contributed by atoms with van der Waals surface area (Å²) in [6, 6.07) is 2.64. The predicted octanol–water partition coefficient (Wildman–Crippen LogP) is 1.47. The minimum Gasteiger partial charge on any atom is -0.359 e. The molecule has 2 rings (SSSR count). The molecule has 0 saturated carbocycles. The predicted molar refractivity (Wildman–Crippen MR) is 58.4 cm³/mol. The summed E-state index contributed by atoms with van der Waals surface area (Å²) in [5.74, 6) is 0.991. The average molecular weight is 209 g/mol. The number of rotatable bonds is 3. The summed E-state index contributed by atoms with van der Waals surface area (Å²) in [4.78, 5) is 2.39. The van der Waals surface area contributed by atoms with Gasteiger partial charge in [0, 0.05) is 18.7 Å². The van der Waals surface area contributed by atoms with Crippen LogP contribution in [0.2, 0.25) is 0 Å². The summed E-state index contributed by atoms with van der Waals surface area (Å²) in [5, 5.41) is 3.94. The van der Waals surface area contributed by atoms with Gasteiger partial charge < -0.3 is 10.3 Å². The molecule has 2 atom stereocenters. The van der Waals surface area contributed by atoms with Crippen LogP contribution in [0.25, 0.3) is 0 Å². The van der Waals surface area contributed by atoms with E-state index in [1.54, 1.807) is 0 Å². The van der Waals surface area contributed by atoms with Crippen molar-refractivity contribution in [3.8, 4) is 0 Å². The Balaban J connectivity index is 2.07. The Kier molecular flexibility index (Phi) is 3.07. The highest BCUT2D eigenvalue weighted by Gasteiger charge is 2.29. The minimum atomic E-state index is 0.217. The average Bonchev–Trinajstić information content (AvgIpc) is 2.72. The van der Waals surface area contributed by atoms with Gasteiger partial charge in [0.05, 0.1) is 11.7 Å². The van der Waals surface area contributed by atoms with E-state index in [0.717, 1.165) is 31.0 Å². The van der Waals surface area contributed by atoms with Crippen molar-refractivity contribution in [3.05, 3.63) is 17.5 Å². The van der Waals surface area contributed by atoms with E-state index in [1.165, 1.54) is 6.42 Å². The summed E-state index contributed by atoms with van der Waals surface area (Å²) in [6.45, 7) is 6.05. The monoisotopic (exact) mass is 209 g/mol. The van der Waals surface area contributed by atoms with Gasteiger partial charge in [0.15, 0.2) is 5.76 Å². The molecule has 84 valence electrons. The van der Waals surface area contributed by atoms with E-state index in [2.05, 4.69) is 10.1 Å². The molecule has 2 N–H and O–H groups in total. The first kappa shape index (κ1) is 10.6. The lowest BCUT2D eigenvalue weighted by Crippen LogP contribution is -2.35. The van der Waals surface area contributed by atoms with Gasteiger partial charge in [-0.05, 0) is 33.2 Å². The fourth-order valence-electron chi connectivity index (χ4n) is 2.28. The maximum absolute atomic E-state index is 5.83. The molecular formula is C11H19N3O. The summed E-state index contributed by atoms with van der Waals surface area (Å²) < 4.78 is 5.33. The molecule has 1 fully saturated rings. The Morgan fingerprint density at radius 3 is 3.13 bits per heavy atom. The van der Waals surface area contributed by atoms with Crippen LogP contribution in [0.1, 0.15) is 37.3 Å². The number of aryl methyl sites for hydroxylation is 1.